The van der Waals surface area contributed by atoms with E-state index in [9.17, 15) is 4.79 Å². The summed E-state index contributed by atoms with van der Waals surface area (Å²) in [5.41, 5.74) is 3.04. The van der Waals surface area contributed by atoms with Crippen LogP contribution in [0.2, 0.25) is 0 Å². The number of primary amides is 1. The molecule has 0 bridgehead atoms. The Labute approximate surface area is 56.0 Å². The van der Waals surface area contributed by atoms with E-state index in [-0.39, 0.29) is 0 Å². The highest BCUT2D eigenvalue weighted by atomic mass is 35.5. The van der Waals surface area contributed by atoms with Crippen LogP contribution >= 0.6 is 11.6 Å². The first-order valence-corrected chi connectivity index (χ1v) is 2.16. The summed E-state index contributed by atoms with van der Waals surface area (Å²) in [6.07, 6.45) is 0. The van der Waals surface area contributed by atoms with Gasteiger partial charge in [0.25, 0.3) is 0 Å². The molecule has 0 saturated carbocycles. The highest BCUT2D eigenvalue weighted by Crippen LogP contribution is 1.67. The molecule has 1 amide bonds. The Kier molecular flexibility index (Phi) is 8.83. The highest BCUT2D eigenvalue weighted by Gasteiger charge is 1.78. The second kappa shape index (κ2) is 7.19. The number of hydrogen-bond donors (Lipinski definition) is 3. The highest BCUT2D eigenvalue weighted by molar-refractivity contribution is 6.60. The van der Waals surface area contributed by atoms with Crippen LogP contribution in [0, 0.1) is 0 Å². The van der Waals surface area contributed by atoms with Crippen molar-refractivity contribution < 1.29 is 19.8 Å². The van der Waals surface area contributed by atoms with E-state index in [0.29, 0.717) is 0 Å². The SMILES string of the molecule is NC(=O)CO.O=C(O)Cl. The maximum atomic E-state index is 9.34. The van der Waals surface area contributed by atoms with Crippen molar-refractivity contribution in [2.75, 3.05) is 6.61 Å². The minimum atomic E-state index is -1.36. The molecular weight excluding hydrogens is 149 g/mol. The number of amides is 1. The summed E-state index contributed by atoms with van der Waals surface area (Å²) in [5, 5.41) is 14.9. The Hall–Kier alpha value is -0.810. The van der Waals surface area contributed by atoms with E-state index < -0.39 is 17.9 Å². The largest absolute Gasteiger partial charge is 0.469 e. The van der Waals surface area contributed by atoms with Crippen LogP contribution in [0.4, 0.5) is 4.79 Å². The summed E-state index contributed by atoms with van der Waals surface area (Å²) in [6.45, 7) is -0.556. The number of carbonyl (C=O) groups is 2. The molecule has 0 aromatic carbocycles. The maximum absolute atomic E-state index is 9.34. The second-order valence-electron chi connectivity index (χ2n) is 0.877. The molecule has 0 rings (SSSR count). The van der Waals surface area contributed by atoms with Gasteiger partial charge in [-0.25, -0.2) is 4.79 Å². The van der Waals surface area contributed by atoms with Gasteiger partial charge in [-0.1, -0.05) is 0 Å². The minimum Gasteiger partial charge on any atom is -0.469 e. The van der Waals surface area contributed by atoms with Crippen LogP contribution in [0.1, 0.15) is 0 Å². The van der Waals surface area contributed by atoms with Crippen molar-refractivity contribution in [2.24, 2.45) is 5.73 Å². The van der Waals surface area contributed by atoms with Gasteiger partial charge < -0.3 is 15.9 Å². The van der Waals surface area contributed by atoms with Gasteiger partial charge in [-0.3, -0.25) is 4.79 Å². The van der Waals surface area contributed by atoms with E-state index >= 15 is 0 Å². The first kappa shape index (κ1) is 11.0. The lowest BCUT2D eigenvalue weighted by Crippen LogP contribution is -2.14. The standard InChI is InChI=1S/C2H5NO2.CHClO2/c3-2(5)1-4;2-1(3)4/h4H,1H2,(H2,3,5);(H,3,4). The lowest BCUT2D eigenvalue weighted by Gasteiger charge is -1.73. The first-order valence-electron chi connectivity index (χ1n) is 1.78. The van der Waals surface area contributed by atoms with Crippen molar-refractivity contribution in [1.82, 2.24) is 0 Å². The average Bonchev–Trinajstić information content (AvgIpc) is 1.65. The monoisotopic (exact) mass is 155 g/mol. The van der Waals surface area contributed by atoms with Crippen LogP contribution in [-0.2, 0) is 4.79 Å². The third-order valence-corrected chi connectivity index (χ3v) is 0.156. The van der Waals surface area contributed by atoms with Crippen molar-refractivity contribution in [3.63, 3.8) is 0 Å². The van der Waals surface area contributed by atoms with E-state index in [4.69, 9.17) is 15.0 Å². The molecule has 0 aromatic rings. The van der Waals surface area contributed by atoms with Gasteiger partial charge in [0.15, 0.2) is 0 Å². The number of nitrogens with two attached hydrogens (primary N) is 1. The van der Waals surface area contributed by atoms with Crippen molar-refractivity contribution in [2.45, 2.75) is 0 Å². The lowest BCUT2D eigenvalue weighted by atomic mass is 10.7. The molecule has 0 aliphatic rings. The quantitative estimate of drug-likeness (QED) is 0.439. The number of aliphatic hydroxyl groups is 1. The average molecular weight is 156 g/mol. The zero-order valence-electron chi connectivity index (χ0n) is 4.37. The number of halogens is 1. The topological polar surface area (TPSA) is 101 Å². The van der Waals surface area contributed by atoms with E-state index in [1.165, 1.54) is 0 Å². The number of rotatable bonds is 1. The summed E-state index contributed by atoms with van der Waals surface area (Å²) in [4.78, 5) is 18.1. The molecular formula is C3H6ClNO4. The van der Waals surface area contributed by atoms with Crippen LogP contribution in [0.15, 0.2) is 0 Å². The summed E-state index contributed by atoms with van der Waals surface area (Å²) in [5.74, 6) is -0.690. The Morgan fingerprint density at radius 3 is 1.67 bits per heavy atom. The smallest absolute Gasteiger partial charge is 0.401 e. The summed E-state index contributed by atoms with van der Waals surface area (Å²) in [6, 6.07) is 0. The van der Waals surface area contributed by atoms with Crippen LogP contribution < -0.4 is 5.73 Å². The molecule has 0 aromatic heterocycles. The normalized spacial score (nSPS) is 6.89. The van der Waals surface area contributed by atoms with Crippen LogP contribution in [0.25, 0.3) is 0 Å². The number of carboxylic acid groups (broad SMARTS) is 1. The maximum Gasteiger partial charge on any atom is 0.401 e. The molecule has 5 nitrogen and oxygen atoms in total. The fourth-order valence-corrected chi connectivity index (χ4v) is 0. The molecule has 0 aliphatic heterocycles. The van der Waals surface area contributed by atoms with Crippen molar-refractivity contribution in [1.29, 1.82) is 0 Å². The molecule has 9 heavy (non-hydrogen) atoms. The fourth-order valence-electron chi connectivity index (χ4n) is 0. The molecule has 0 aliphatic carbocycles. The Bertz CT molecular complexity index is 100.0. The van der Waals surface area contributed by atoms with Crippen molar-refractivity contribution in [3.8, 4) is 0 Å². The predicted octanol–water partition coefficient (Wildman–Crippen LogP) is -0.633. The van der Waals surface area contributed by atoms with E-state index in [0.717, 1.165) is 0 Å². The van der Waals surface area contributed by atoms with Gasteiger partial charge in [-0.05, 0) is 0 Å². The van der Waals surface area contributed by atoms with E-state index in [1.54, 1.807) is 0 Å². The molecule has 0 fully saturated rings. The van der Waals surface area contributed by atoms with E-state index in [2.05, 4.69) is 17.3 Å². The van der Waals surface area contributed by atoms with Crippen molar-refractivity contribution >= 4 is 22.9 Å². The Morgan fingerprint density at radius 2 is 1.67 bits per heavy atom. The predicted molar refractivity (Wildman–Crippen MR) is 30.2 cm³/mol. The molecule has 0 unspecified atom stereocenters. The van der Waals surface area contributed by atoms with Crippen LogP contribution in [-0.4, -0.2) is 28.2 Å². The molecule has 54 valence electrons. The summed E-state index contributed by atoms with van der Waals surface area (Å²) >= 11 is 4.19. The van der Waals surface area contributed by atoms with Crippen LogP contribution in [0.3, 0.4) is 0 Å². The molecule has 6 heteroatoms. The number of carbonyl (C=O) groups excluding carboxylic acids is 1. The molecule has 0 spiro atoms. The molecule has 0 radical (unpaired) electrons. The lowest BCUT2D eigenvalue weighted by molar-refractivity contribution is -0.120. The van der Waals surface area contributed by atoms with Crippen LogP contribution in [0.5, 0.6) is 0 Å². The number of hydrogen-bond acceptors (Lipinski definition) is 3. The Balaban J connectivity index is 0. The zero-order chi connectivity index (χ0) is 7.86. The molecule has 0 atom stereocenters. The summed E-state index contributed by atoms with van der Waals surface area (Å²) < 4.78 is 0. The molecule has 0 saturated heterocycles. The van der Waals surface area contributed by atoms with Gasteiger partial charge >= 0.3 is 5.43 Å². The fraction of sp³-hybridized carbons (Fsp3) is 0.333. The number of aliphatic hydroxyl groups excluding tert-OH is 1. The van der Waals surface area contributed by atoms with Gasteiger partial charge in [0.2, 0.25) is 5.91 Å². The van der Waals surface area contributed by atoms with Crippen molar-refractivity contribution in [3.05, 3.63) is 0 Å². The summed E-state index contributed by atoms with van der Waals surface area (Å²) in [7, 11) is 0. The molecule has 0 heterocycles. The first-order chi connectivity index (χ1) is 4.00. The van der Waals surface area contributed by atoms with Gasteiger partial charge in [0, 0.05) is 11.6 Å². The minimum absolute atomic E-state index is 0.556. The second-order valence-corrected chi connectivity index (χ2v) is 1.20. The molecule has 4 N–H and O–H groups in total. The van der Waals surface area contributed by atoms with Gasteiger partial charge in [0.05, 0.1) is 0 Å². The van der Waals surface area contributed by atoms with Gasteiger partial charge in [0.1, 0.15) is 6.61 Å². The third kappa shape index (κ3) is 137. The third-order valence-electron chi connectivity index (χ3n) is 0.156. The Morgan fingerprint density at radius 1 is 1.56 bits per heavy atom. The van der Waals surface area contributed by atoms with Gasteiger partial charge in [-0.15, -0.1) is 0 Å². The van der Waals surface area contributed by atoms with Gasteiger partial charge in [-0.2, -0.15) is 0 Å². The zero-order valence-corrected chi connectivity index (χ0v) is 5.13. The van der Waals surface area contributed by atoms with E-state index in [1.807, 2.05) is 0 Å².